The molecule has 0 amide bonds. The van der Waals surface area contributed by atoms with Crippen LogP contribution in [0, 0.1) is 0 Å². The van der Waals surface area contributed by atoms with Gasteiger partial charge in [0.1, 0.15) is 0 Å². The molecule has 11 rings (SSSR count). The summed E-state index contributed by atoms with van der Waals surface area (Å²) in [5.74, 6) is 0.677. The summed E-state index contributed by atoms with van der Waals surface area (Å²) in [6.07, 6.45) is 0. The summed E-state index contributed by atoms with van der Waals surface area (Å²) < 4.78 is 6.93. The van der Waals surface area contributed by atoms with E-state index in [2.05, 4.69) is 167 Å². The van der Waals surface area contributed by atoms with Gasteiger partial charge in [0.15, 0.2) is 0 Å². The summed E-state index contributed by atoms with van der Waals surface area (Å²) in [5.41, 5.74) is 8.67. The summed E-state index contributed by atoms with van der Waals surface area (Å²) in [6, 6.07) is 56.5. The zero-order valence-corrected chi connectivity index (χ0v) is 27.0. The monoisotopic (exact) mass is 642 g/mol. The first-order chi connectivity index (χ1) is 24.3. The van der Waals surface area contributed by atoms with E-state index in [0.29, 0.717) is 5.95 Å². The first-order valence-electron chi connectivity index (χ1n) is 16.5. The molecule has 7 aromatic carbocycles. The first-order valence-corrected chi connectivity index (χ1v) is 17.3. The van der Waals surface area contributed by atoms with Gasteiger partial charge < -0.3 is 4.57 Å². The lowest BCUT2D eigenvalue weighted by Gasteiger charge is -2.11. The zero-order chi connectivity index (χ0) is 32.1. The van der Waals surface area contributed by atoms with E-state index in [-0.39, 0.29) is 0 Å². The molecule has 49 heavy (non-hydrogen) atoms. The highest BCUT2D eigenvalue weighted by molar-refractivity contribution is 7.26. The van der Waals surface area contributed by atoms with E-state index in [1.807, 2.05) is 0 Å². The summed E-state index contributed by atoms with van der Waals surface area (Å²) in [4.78, 5) is 10.9. The summed E-state index contributed by atoms with van der Waals surface area (Å²) in [5, 5.41) is 8.42. The Morgan fingerprint density at radius 1 is 0.429 bits per heavy atom. The molecule has 0 unspecified atom stereocenters. The molecule has 0 aliphatic rings. The van der Waals surface area contributed by atoms with Gasteiger partial charge in [-0.15, -0.1) is 11.3 Å². The fraction of sp³-hybridized carbons (Fsp3) is 0. The minimum absolute atomic E-state index is 0.677. The summed E-state index contributed by atoms with van der Waals surface area (Å²) in [7, 11) is 0. The number of benzene rings is 7. The van der Waals surface area contributed by atoms with Crippen LogP contribution in [0.15, 0.2) is 158 Å². The smallest absolute Gasteiger partial charge is 0.235 e. The van der Waals surface area contributed by atoms with Gasteiger partial charge in [0.05, 0.1) is 38.0 Å². The van der Waals surface area contributed by atoms with Crippen LogP contribution in [0.4, 0.5) is 0 Å². The topological polar surface area (TPSA) is 35.6 Å². The minimum atomic E-state index is 0.677. The van der Waals surface area contributed by atoms with Crippen LogP contribution < -0.4 is 0 Å². The Morgan fingerprint density at radius 3 is 1.86 bits per heavy atom. The van der Waals surface area contributed by atoms with Crippen molar-refractivity contribution in [3.63, 3.8) is 0 Å². The molecule has 0 saturated carbocycles. The molecular weight excluding hydrogens is 617 g/mol. The van der Waals surface area contributed by atoms with Crippen LogP contribution in [0.3, 0.4) is 0 Å². The average molecular weight is 643 g/mol. The summed E-state index contributed by atoms with van der Waals surface area (Å²) in [6.45, 7) is 0. The van der Waals surface area contributed by atoms with Gasteiger partial charge in [-0.2, -0.15) is 0 Å². The zero-order valence-electron chi connectivity index (χ0n) is 26.2. The van der Waals surface area contributed by atoms with Crippen molar-refractivity contribution in [3.8, 4) is 22.9 Å². The molecule has 0 aliphatic carbocycles. The van der Waals surface area contributed by atoms with Gasteiger partial charge in [-0.1, -0.05) is 109 Å². The molecule has 0 spiro atoms. The largest absolute Gasteiger partial charge is 0.309 e. The molecule has 0 N–H and O–H groups in total. The van der Waals surface area contributed by atoms with Crippen LogP contribution in [0.25, 0.3) is 97.6 Å². The van der Waals surface area contributed by atoms with E-state index < -0.39 is 0 Å². The average Bonchev–Trinajstić information content (AvgIpc) is 3.81. The molecule has 4 nitrogen and oxygen atoms in total. The lowest BCUT2D eigenvalue weighted by molar-refractivity contribution is 1.02. The molecule has 0 radical (unpaired) electrons. The molecule has 0 aliphatic heterocycles. The van der Waals surface area contributed by atoms with E-state index in [4.69, 9.17) is 9.97 Å². The maximum Gasteiger partial charge on any atom is 0.235 e. The van der Waals surface area contributed by atoms with Crippen LogP contribution in [0.2, 0.25) is 0 Å². The van der Waals surface area contributed by atoms with Crippen molar-refractivity contribution < 1.29 is 0 Å². The van der Waals surface area contributed by atoms with Crippen molar-refractivity contribution in [2.75, 3.05) is 0 Å². The van der Waals surface area contributed by atoms with E-state index in [1.165, 1.54) is 42.5 Å². The third kappa shape index (κ3) is 3.85. The normalized spacial score (nSPS) is 12.1. The van der Waals surface area contributed by atoms with E-state index >= 15 is 0 Å². The van der Waals surface area contributed by atoms with Gasteiger partial charge in [0, 0.05) is 42.9 Å². The number of thiophene rings is 1. The maximum atomic E-state index is 5.51. The highest BCUT2D eigenvalue weighted by Gasteiger charge is 2.21. The van der Waals surface area contributed by atoms with Crippen LogP contribution >= 0.6 is 11.3 Å². The van der Waals surface area contributed by atoms with Gasteiger partial charge in [-0.25, -0.2) is 9.97 Å². The number of aromatic nitrogens is 4. The maximum absolute atomic E-state index is 5.51. The van der Waals surface area contributed by atoms with Crippen molar-refractivity contribution in [2.45, 2.75) is 0 Å². The number of hydrogen-bond acceptors (Lipinski definition) is 3. The Labute approximate surface area is 284 Å². The molecule has 4 heterocycles. The Bertz CT molecular complexity index is 3110. The third-order valence-electron chi connectivity index (χ3n) is 9.91. The highest BCUT2D eigenvalue weighted by Crippen LogP contribution is 2.42. The standard InChI is InChI=1S/C44H26N4S/c1-2-14-30(15-3-1)47-36-19-9-6-16-31(36)33-23-22-29(26-38(33)47)41-43-42(34-18-8-11-21-40(34)49-43)46-44(45-41)48-37-20-10-7-17-32(37)35-24-27-12-4-5-13-28(27)25-39(35)48/h1-26H. The molecule has 0 saturated heterocycles. The summed E-state index contributed by atoms with van der Waals surface area (Å²) >= 11 is 1.77. The van der Waals surface area contributed by atoms with Crippen LogP contribution in [0.1, 0.15) is 0 Å². The second kappa shape index (κ2) is 10.1. The molecule has 0 fully saturated rings. The Hall–Kier alpha value is -6.30. The van der Waals surface area contributed by atoms with Crippen LogP contribution in [0.5, 0.6) is 0 Å². The lowest BCUT2D eigenvalue weighted by atomic mass is 10.1. The fourth-order valence-electron chi connectivity index (χ4n) is 7.72. The Balaban J connectivity index is 1.26. The fourth-order valence-corrected chi connectivity index (χ4v) is 8.87. The number of para-hydroxylation sites is 3. The number of nitrogens with zero attached hydrogens (tertiary/aromatic N) is 4. The first kappa shape index (κ1) is 26.7. The minimum Gasteiger partial charge on any atom is -0.309 e. The van der Waals surface area contributed by atoms with Gasteiger partial charge in [0.25, 0.3) is 0 Å². The second-order valence-electron chi connectivity index (χ2n) is 12.6. The number of fused-ring (bicyclic) bond motifs is 10. The molecule has 5 heteroatoms. The molecule has 228 valence electrons. The molecule has 4 aromatic heterocycles. The van der Waals surface area contributed by atoms with E-state index in [1.54, 1.807) is 11.3 Å². The second-order valence-corrected chi connectivity index (χ2v) is 13.7. The Kier molecular flexibility index (Phi) is 5.51. The van der Waals surface area contributed by atoms with Crippen LogP contribution in [-0.2, 0) is 0 Å². The third-order valence-corrected chi connectivity index (χ3v) is 11.1. The molecule has 0 atom stereocenters. The van der Waals surface area contributed by atoms with Crippen LogP contribution in [-0.4, -0.2) is 19.1 Å². The van der Waals surface area contributed by atoms with Crippen molar-refractivity contribution in [2.24, 2.45) is 0 Å². The number of rotatable bonds is 3. The molecule has 0 bridgehead atoms. The van der Waals surface area contributed by atoms with E-state index in [9.17, 15) is 0 Å². The van der Waals surface area contributed by atoms with E-state index in [0.717, 1.165) is 49.1 Å². The van der Waals surface area contributed by atoms with Crippen molar-refractivity contribution >= 4 is 86.0 Å². The lowest BCUT2D eigenvalue weighted by Crippen LogP contribution is -2.03. The SMILES string of the molecule is c1ccc(-n2c3ccccc3c3ccc(-c4nc(-n5c6ccccc6c6cc7ccccc7cc65)nc5c4sc4ccccc45)cc32)cc1. The Morgan fingerprint density at radius 2 is 1.04 bits per heavy atom. The van der Waals surface area contributed by atoms with Crippen molar-refractivity contribution in [3.05, 3.63) is 158 Å². The molecule has 11 aromatic rings. The van der Waals surface area contributed by atoms with Gasteiger partial charge in [-0.3, -0.25) is 4.57 Å². The predicted octanol–water partition coefficient (Wildman–Crippen LogP) is 11.9. The van der Waals surface area contributed by atoms with Gasteiger partial charge in [0.2, 0.25) is 5.95 Å². The molecular formula is C44H26N4S. The highest BCUT2D eigenvalue weighted by atomic mass is 32.1. The van der Waals surface area contributed by atoms with Gasteiger partial charge >= 0.3 is 0 Å². The quantitative estimate of drug-likeness (QED) is 0.192. The van der Waals surface area contributed by atoms with Gasteiger partial charge in [-0.05, 0) is 59.3 Å². The number of hydrogen-bond donors (Lipinski definition) is 0. The van der Waals surface area contributed by atoms with Crippen molar-refractivity contribution in [1.29, 1.82) is 0 Å². The van der Waals surface area contributed by atoms with Crippen molar-refractivity contribution in [1.82, 2.24) is 19.1 Å². The predicted molar refractivity (Wildman–Crippen MR) is 207 cm³/mol.